The van der Waals surface area contributed by atoms with Gasteiger partial charge in [0.1, 0.15) is 0 Å². The summed E-state index contributed by atoms with van der Waals surface area (Å²) in [6.45, 7) is 0. The van der Waals surface area contributed by atoms with Crippen molar-refractivity contribution in [1.29, 1.82) is 0 Å². The van der Waals surface area contributed by atoms with Gasteiger partial charge in [-0.05, 0) is 12.1 Å². The third-order valence-corrected chi connectivity index (χ3v) is 1.64. The van der Waals surface area contributed by atoms with E-state index in [1.807, 2.05) is 6.07 Å². The van der Waals surface area contributed by atoms with Crippen molar-refractivity contribution in [1.82, 2.24) is 0 Å². The minimum absolute atomic E-state index is 0.654. The van der Waals surface area contributed by atoms with Crippen molar-refractivity contribution in [2.75, 3.05) is 5.32 Å². The molecular weight excluding hydrogens is 177 g/mol. The zero-order valence-electron chi connectivity index (χ0n) is 6.21. The SMILES string of the molecule is O=P(O)(O)[CH]Nc1ccccc1. The first-order chi connectivity index (χ1) is 5.58. The van der Waals surface area contributed by atoms with E-state index in [-0.39, 0.29) is 0 Å². The molecule has 1 aromatic carbocycles. The second-order valence-electron chi connectivity index (χ2n) is 2.23. The van der Waals surface area contributed by atoms with Crippen LogP contribution in [0, 0.1) is 6.29 Å². The maximum absolute atomic E-state index is 10.4. The van der Waals surface area contributed by atoms with Crippen molar-refractivity contribution >= 4 is 13.3 Å². The van der Waals surface area contributed by atoms with Crippen LogP contribution in [0.5, 0.6) is 0 Å². The Labute approximate surface area is 70.4 Å². The molecule has 0 saturated carbocycles. The van der Waals surface area contributed by atoms with Gasteiger partial charge in [0.15, 0.2) is 6.29 Å². The van der Waals surface area contributed by atoms with E-state index in [1.54, 1.807) is 24.3 Å². The summed E-state index contributed by atoms with van der Waals surface area (Å²) in [7, 11) is -4.07. The lowest BCUT2D eigenvalue weighted by molar-refractivity contribution is 0.382. The fourth-order valence-corrected chi connectivity index (χ4v) is 1.01. The van der Waals surface area contributed by atoms with Gasteiger partial charge in [-0.25, -0.2) is 0 Å². The Bertz CT molecular complexity index is 282. The number of hydrogen-bond donors (Lipinski definition) is 3. The molecule has 0 aromatic heterocycles. The fourth-order valence-electron chi connectivity index (χ4n) is 0.693. The molecule has 0 amide bonds. The lowest BCUT2D eigenvalue weighted by Crippen LogP contribution is -1.94. The smallest absolute Gasteiger partial charge is 0.350 e. The van der Waals surface area contributed by atoms with Crippen LogP contribution in [0.15, 0.2) is 30.3 Å². The maximum atomic E-state index is 10.4. The van der Waals surface area contributed by atoms with E-state index in [4.69, 9.17) is 9.79 Å². The van der Waals surface area contributed by atoms with E-state index in [9.17, 15) is 4.57 Å². The highest BCUT2D eigenvalue weighted by Gasteiger charge is 2.12. The predicted molar refractivity (Wildman–Crippen MR) is 46.4 cm³/mol. The van der Waals surface area contributed by atoms with Crippen molar-refractivity contribution in [2.45, 2.75) is 0 Å². The minimum atomic E-state index is -4.07. The minimum Gasteiger partial charge on any atom is -0.369 e. The molecule has 65 valence electrons. The van der Waals surface area contributed by atoms with Gasteiger partial charge in [0.25, 0.3) is 0 Å². The van der Waals surface area contributed by atoms with E-state index in [2.05, 4.69) is 5.32 Å². The number of rotatable bonds is 3. The van der Waals surface area contributed by atoms with Crippen LogP contribution in [-0.4, -0.2) is 9.79 Å². The molecule has 0 bridgehead atoms. The number of benzene rings is 1. The number of anilines is 1. The summed E-state index contributed by atoms with van der Waals surface area (Å²) in [6.07, 6.45) is 0.766. The molecule has 3 N–H and O–H groups in total. The molecule has 0 fully saturated rings. The topological polar surface area (TPSA) is 69.6 Å². The standard InChI is InChI=1S/C7H9NO3P/c9-12(10,11)6-8-7-4-2-1-3-5-7/h1-6,8H,(H2,9,10,11). The van der Waals surface area contributed by atoms with Gasteiger partial charge in [0.2, 0.25) is 0 Å². The van der Waals surface area contributed by atoms with Gasteiger partial charge in [0.05, 0.1) is 0 Å². The van der Waals surface area contributed by atoms with E-state index >= 15 is 0 Å². The van der Waals surface area contributed by atoms with Crippen LogP contribution in [0.1, 0.15) is 0 Å². The molecule has 0 atom stereocenters. The second-order valence-corrected chi connectivity index (χ2v) is 3.66. The molecule has 0 unspecified atom stereocenters. The van der Waals surface area contributed by atoms with Gasteiger partial charge in [-0.2, -0.15) is 0 Å². The van der Waals surface area contributed by atoms with Gasteiger partial charge >= 0.3 is 7.60 Å². The van der Waals surface area contributed by atoms with Crippen LogP contribution >= 0.6 is 7.60 Å². The van der Waals surface area contributed by atoms with Crippen LogP contribution < -0.4 is 5.32 Å². The number of para-hydroxylation sites is 1. The lowest BCUT2D eigenvalue weighted by Gasteiger charge is -2.05. The monoisotopic (exact) mass is 186 g/mol. The van der Waals surface area contributed by atoms with E-state index in [1.165, 1.54) is 0 Å². The zero-order valence-corrected chi connectivity index (χ0v) is 7.11. The van der Waals surface area contributed by atoms with Crippen molar-refractivity contribution < 1.29 is 14.4 Å². The van der Waals surface area contributed by atoms with Gasteiger partial charge in [-0.3, -0.25) is 4.57 Å². The van der Waals surface area contributed by atoms with Gasteiger partial charge < -0.3 is 15.1 Å². The second kappa shape index (κ2) is 3.72. The summed E-state index contributed by atoms with van der Waals surface area (Å²) >= 11 is 0. The summed E-state index contributed by atoms with van der Waals surface area (Å²) in [5.41, 5.74) is 0.654. The summed E-state index contributed by atoms with van der Waals surface area (Å²) in [5.74, 6) is 0. The lowest BCUT2D eigenvalue weighted by atomic mass is 10.3. The average molecular weight is 186 g/mol. The molecule has 1 rings (SSSR count). The molecule has 12 heavy (non-hydrogen) atoms. The van der Waals surface area contributed by atoms with Crippen molar-refractivity contribution in [3.63, 3.8) is 0 Å². The molecule has 0 heterocycles. The van der Waals surface area contributed by atoms with Gasteiger partial charge in [0, 0.05) is 5.69 Å². The Kier molecular flexibility index (Phi) is 2.87. The molecule has 0 saturated heterocycles. The van der Waals surface area contributed by atoms with Gasteiger partial charge in [-0.1, -0.05) is 18.2 Å². The van der Waals surface area contributed by atoms with Gasteiger partial charge in [-0.15, -0.1) is 0 Å². The molecule has 0 spiro atoms. The fraction of sp³-hybridized carbons (Fsp3) is 0. The highest BCUT2D eigenvalue weighted by atomic mass is 31.2. The van der Waals surface area contributed by atoms with E-state index in [0.29, 0.717) is 5.69 Å². The summed E-state index contributed by atoms with van der Waals surface area (Å²) in [5, 5.41) is 2.50. The molecule has 5 heteroatoms. The third kappa shape index (κ3) is 3.53. The van der Waals surface area contributed by atoms with Crippen LogP contribution in [0.3, 0.4) is 0 Å². The molecular formula is C7H9NO3P. The highest BCUT2D eigenvalue weighted by Crippen LogP contribution is 2.37. The largest absolute Gasteiger partial charge is 0.369 e. The molecule has 4 nitrogen and oxygen atoms in total. The van der Waals surface area contributed by atoms with Crippen LogP contribution in [0.4, 0.5) is 5.69 Å². The van der Waals surface area contributed by atoms with Crippen LogP contribution in [0.25, 0.3) is 0 Å². The van der Waals surface area contributed by atoms with Crippen molar-refractivity contribution in [2.24, 2.45) is 0 Å². The molecule has 0 aliphatic heterocycles. The van der Waals surface area contributed by atoms with E-state index in [0.717, 1.165) is 6.29 Å². The average Bonchev–Trinajstić information content (AvgIpc) is 2.02. The van der Waals surface area contributed by atoms with Crippen molar-refractivity contribution in [3.05, 3.63) is 36.6 Å². The molecule has 1 radical (unpaired) electrons. The summed E-state index contributed by atoms with van der Waals surface area (Å²) in [6, 6.07) is 8.80. The Morgan fingerprint density at radius 2 is 1.83 bits per heavy atom. The Hall–Kier alpha value is -0.830. The quantitative estimate of drug-likeness (QED) is 0.624. The first-order valence-corrected chi connectivity index (χ1v) is 4.97. The van der Waals surface area contributed by atoms with Crippen LogP contribution in [0.2, 0.25) is 0 Å². The maximum Gasteiger partial charge on any atom is 0.350 e. The highest BCUT2D eigenvalue weighted by molar-refractivity contribution is 7.54. The molecule has 0 aliphatic carbocycles. The molecule has 1 aromatic rings. The molecule has 0 aliphatic rings. The van der Waals surface area contributed by atoms with Crippen LogP contribution in [-0.2, 0) is 4.57 Å². The Balaban J connectivity index is 2.50. The van der Waals surface area contributed by atoms with Crippen molar-refractivity contribution in [3.8, 4) is 0 Å². The summed E-state index contributed by atoms with van der Waals surface area (Å²) < 4.78 is 10.4. The third-order valence-electron chi connectivity index (χ3n) is 1.17. The normalized spacial score (nSPS) is 11.2. The zero-order chi connectivity index (χ0) is 9.03. The predicted octanol–water partition coefficient (Wildman–Crippen LogP) is 1.40. The number of hydrogen-bond acceptors (Lipinski definition) is 2. The summed E-state index contributed by atoms with van der Waals surface area (Å²) in [4.78, 5) is 16.9. The van der Waals surface area contributed by atoms with E-state index < -0.39 is 7.60 Å². The number of nitrogens with one attached hydrogen (secondary N) is 1. The first kappa shape index (κ1) is 9.26. The Morgan fingerprint density at radius 3 is 2.33 bits per heavy atom. The first-order valence-electron chi connectivity index (χ1n) is 3.29. The Morgan fingerprint density at radius 1 is 1.25 bits per heavy atom.